The van der Waals surface area contributed by atoms with Gasteiger partial charge in [0.05, 0.1) is 0 Å². The van der Waals surface area contributed by atoms with E-state index in [1.807, 2.05) is 0 Å². The first kappa shape index (κ1) is 20.0. The Morgan fingerprint density at radius 3 is 2.65 bits per heavy atom. The molecule has 1 aromatic rings. The van der Waals surface area contributed by atoms with Crippen molar-refractivity contribution in [2.24, 2.45) is 5.92 Å². The van der Waals surface area contributed by atoms with E-state index >= 15 is 0 Å². The van der Waals surface area contributed by atoms with Gasteiger partial charge in [-0.05, 0) is 76.6 Å². The Labute approximate surface area is 147 Å². The molecule has 3 nitrogen and oxygen atoms in total. The molecule has 0 radical (unpaired) electrons. The molecule has 0 aliphatic carbocycles. The van der Waals surface area contributed by atoms with Gasteiger partial charge in [-0.1, -0.05) is 23.8 Å². The minimum Gasteiger partial charge on any atom is -0.353 e. The van der Waals surface area contributed by atoms with Gasteiger partial charge < -0.3 is 10.6 Å². The smallest absolute Gasteiger partial charge is 0.220 e. The monoisotopic (exact) mass is 338 g/mol. The second-order valence-corrected chi connectivity index (χ2v) is 6.83. The third-order valence-corrected chi connectivity index (χ3v) is 4.67. The molecule has 1 aromatic carbocycles. The van der Waals surface area contributed by atoms with Gasteiger partial charge in [-0.15, -0.1) is 12.4 Å². The fraction of sp³-hybridized carbons (Fsp3) is 0.632. The lowest BCUT2D eigenvalue weighted by Crippen LogP contribution is -2.35. The van der Waals surface area contributed by atoms with Gasteiger partial charge in [0.2, 0.25) is 5.91 Å². The zero-order chi connectivity index (χ0) is 15.9. The van der Waals surface area contributed by atoms with Crippen molar-refractivity contribution >= 4 is 18.3 Å². The average molecular weight is 339 g/mol. The summed E-state index contributed by atoms with van der Waals surface area (Å²) in [5, 5.41) is 6.53. The van der Waals surface area contributed by atoms with Crippen LogP contribution in [0.1, 0.15) is 49.3 Å². The quantitative estimate of drug-likeness (QED) is 0.832. The molecule has 0 aromatic heterocycles. The molecular formula is C19H31ClN2O. The second-order valence-electron chi connectivity index (χ2n) is 6.83. The van der Waals surface area contributed by atoms with Gasteiger partial charge in [0.1, 0.15) is 0 Å². The van der Waals surface area contributed by atoms with E-state index in [4.69, 9.17) is 0 Å². The standard InChI is InChI=1S/C19H30N2O.ClH/c1-14-4-6-18(15(2)12-14)13-16(3)21-19(22)7-5-17-8-10-20-11-9-17;/h4,6,12,16-17,20H,5,7-11,13H2,1-3H3,(H,21,22);1H. The molecule has 2 N–H and O–H groups in total. The highest BCUT2D eigenvalue weighted by atomic mass is 35.5. The van der Waals surface area contributed by atoms with E-state index in [2.05, 4.69) is 49.6 Å². The van der Waals surface area contributed by atoms with E-state index in [1.54, 1.807) is 0 Å². The molecule has 1 amide bonds. The summed E-state index contributed by atoms with van der Waals surface area (Å²) in [6.07, 6.45) is 5.04. The normalized spacial score (nSPS) is 16.5. The molecule has 1 unspecified atom stereocenters. The Hall–Kier alpha value is -1.06. The Balaban J connectivity index is 0.00000264. The number of benzene rings is 1. The maximum absolute atomic E-state index is 12.1. The van der Waals surface area contributed by atoms with Crippen LogP contribution in [0.3, 0.4) is 0 Å². The van der Waals surface area contributed by atoms with E-state index in [9.17, 15) is 4.79 Å². The predicted molar refractivity (Wildman–Crippen MR) is 99.3 cm³/mol. The van der Waals surface area contributed by atoms with Crippen LogP contribution in [0.15, 0.2) is 18.2 Å². The van der Waals surface area contributed by atoms with Gasteiger partial charge in [-0.2, -0.15) is 0 Å². The van der Waals surface area contributed by atoms with Crippen molar-refractivity contribution in [2.45, 2.75) is 58.9 Å². The van der Waals surface area contributed by atoms with E-state index in [0.717, 1.165) is 31.8 Å². The lowest BCUT2D eigenvalue weighted by molar-refractivity contribution is -0.122. The summed E-state index contributed by atoms with van der Waals surface area (Å²) in [5.41, 5.74) is 3.94. The first-order chi connectivity index (χ1) is 10.5. The van der Waals surface area contributed by atoms with Crippen molar-refractivity contribution in [1.82, 2.24) is 10.6 Å². The molecule has 1 heterocycles. The molecule has 0 bridgehead atoms. The summed E-state index contributed by atoms with van der Waals surface area (Å²) >= 11 is 0. The van der Waals surface area contributed by atoms with E-state index in [-0.39, 0.29) is 24.4 Å². The molecule has 130 valence electrons. The largest absolute Gasteiger partial charge is 0.353 e. The Morgan fingerprint density at radius 2 is 2.00 bits per heavy atom. The third-order valence-electron chi connectivity index (χ3n) is 4.67. The maximum Gasteiger partial charge on any atom is 0.220 e. The number of carbonyl (C=O) groups is 1. The topological polar surface area (TPSA) is 41.1 Å². The summed E-state index contributed by atoms with van der Waals surface area (Å²) < 4.78 is 0. The molecular weight excluding hydrogens is 308 g/mol. The molecule has 2 rings (SSSR count). The molecule has 1 aliphatic heterocycles. The number of aryl methyl sites for hydroxylation is 2. The van der Waals surface area contributed by atoms with Crippen LogP contribution < -0.4 is 10.6 Å². The summed E-state index contributed by atoms with van der Waals surface area (Å²) in [4.78, 5) is 12.1. The van der Waals surface area contributed by atoms with Crippen molar-refractivity contribution in [1.29, 1.82) is 0 Å². The van der Waals surface area contributed by atoms with Crippen molar-refractivity contribution in [3.8, 4) is 0 Å². The molecule has 0 saturated carbocycles. The Morgan fingerprint density at radius 1 is 1.30 bits per heavy atom. The lowest BCUT2D eigenvalue weighted by Gasteiger charge is -2.22. The summed E-state index contributed by atoms with van der Waals surface area (Å²) in [5.74, 6) is 0.928. The Kier molecular flexibility index (Phi) is 8.64. The summed E-state index contributed by atoms with van der Waals surface area (Å²) in [6.45, 7) is 8.57. The fourth-order valence-corrected chi connectivity index (χ4v) is 3.31. The first-order valence-electron chi connectivity index (χ1n) is 8.61. The number of nitrogens with one attached hydrogen (secondary N) is 2. The van der Waals surface area contributed by atoms with Crippen LogP contribution in [0.2, 0.25) is 0 Å². The summed E-state index contributed by atoms with van der Waals surface area (Å²) in [7, 11) is 0. The van der Waals surface area contributed by atoms with Crippen molar-refractivity contribution in [3.05, 3.63) is 34.9 Å². The van der Waals surface area contributed by atoms with Crippen LogP contribution in [0.25, 0.3) is 0 Å². The molecule has 1 aliphatic rings. The average Bonchev–Trinajstić information content (AvgIpc) is 2.49. The van der Waals surface area contributed by atoms with Crippen LogP contribution >= 0.6 is 12.4 Å². The number of halogens is 1. The number of hydrogen-bond donors (Lipinski definition) is 2. The molecule has 0 spiro atoms. The summed E-state index contributed by atoms with van der Waals surface area (Å²) in [6, 6.07) is 6.74. The SMILES string of the molecule is Cc1ccc(CC(C)NC(=O)CCC2CCNCC2)c(C)c1.Cl. The predicted octanol–water partition coefficient (Wildman–Crippen LogP) is 3.55. The Bertz CT molecular complexity index is 498. The molecule has 1 saturated heterocycles. The zero-order valence-electron chi connectivity index (χ0n) is 14.7. The van der Waals surface area contributed by atoms with E-state index in [0.29, 0.717) is 6.42 Å². The van der Waals surface area contributed by atoms with Gasteiger partial charge in [0, 0.05) is 12.5 Å². The minimum absolute atomic E-state index is 0. The van der Waals surface area contributed by atoms with Crippen molar-refractivity contribution in [2.75, 3.05) is 13.1 Å². The maximum atomic E-state index is 12.1. The van der Waals surface area contributed by atoms with Crippen LogP contribution in [-0.4, -0.2) is 25.0 Å². The fourth-order valence-electron chi connectivity index (χ4n) is 3.31. The highest BCUT2D eigenvalue weighted by Gasteiger charge is 2.15. The van der Waals surface area contributed by atoms with E-state index in [1.165, 1.54) is 29.5 Å². The van der Waals surface area contributed by atoms with Crippen LogP contribution in [0, 0.1) is 19.8 Å². The van der Waals surface area contributed by atoms with Gasteiger partial charge in [-0.3, -0.25) is 4.79 Å². The van der Waals surface area contributed by atoms with Crippen molar-refractivity contribution in [3.63, 3.8) is 0 Å². The van der Waals surface area contributed by atoms with E-state index < -0.39 is 0 Å². The van der Waals surface area contributed by atoms with Crippen LogP contribution in [0.5, 0.6) is 0 Å². The van der Waals surface area contributed by atoms with Crippen molar-refractivity contribution < 1.29 is 4.79 Å². The highest BCUT2D eigenvalue weighted by Crippen LogP contribution is 2.18. The number of piperidine rings is 1. The number of rotatable bonds is 6. The lowest BCUT2D eigenvalue weighted by atomic mass is 9.93. The minimum atomic E-state index is 0. The number of carbonyl (C=O) groups excluding carboxylic acids is 1. The van der Waals surface area contributed by atoms with Crippen LogP contribution in [0.4, 0.5) is 0 Å². The molecule has 1 atom stereocenters. The number of amides is 1. The third kappa shape index (κ3) is 6.92. The van der Waals surface area contributed by atoms with Gasteiger partial charge in [-0.25, -0.2) is 0 Å². The van der Waals surface area contributed by atoms with Gasteiger partial charge >= 0.3 is 0 Å². The first-order valence-corrected chi connectivity index (χ1v) is 8.61. The van der Waals surface area contributed by atoms with Crippen LogP contribution in [-0.2, 0) is 11.2 Å². The zero-order valence-corrected chi connectivity index (χ0v) is 15.5. The van der Waals surface area contributed by atoms with Gasteiger partial charge in [0.15, 0.2) is 0 Å². The molecule has 1 fully saturated rings. The molecule has 4 heteroatoms. The second kappa shape index (κ2) is 9.94. The highest BCUT2D eigenvalue weighted by molar-refractivity contribution is 5.85. The molecule has 23 heavy (non-hydrogen) atoms. The van der Waals surface area contributed by atoms with Gasteiger partial charge in [0.25, 0.3) is 0 Å². The number of hydrogen-bond acceptors (Lipinski definition) is 2.